The second-order valence-corrected chi connectivity index (χ2v) is 9.80. The molecule has 38 heavy (non-hydrogen) atoms. The molecule has 4 N–H and O–H groups in total. The number of nitrogens with one attached hydrogen (secondary N) is 3. The van der Waals surface area contributed by atoms with Gasteiger partial charge in [-0.2, -0.15) is 0 Å². The van der Waals surface area contributed by atoms with Crippen LogP contribution in [0.2, 0.25) is 0 Å². The Morgan fingerprint density at radius 1 is 0.895 bits per heavy atom. The van der Waals surface area contributed by atoms with E-state index in [-0.39, 0.29) is 17.7 Å². The Hall–Kier alpha value is -4.21. The standard InChI is InChI=1S/C28H34N4O6/c1-5-17(4)23(27(36)37)31-25(34)22(16(2)3)30-24(33)21(15-18-11-7-6-8-12-18)32-26(35)19-13-9-10-14-20(19)29-28(32)38/h6-14,16-17,21-23H,5,15H2,1-4H3,(H,29,38)(H,30,33)(H,31,34)(H,36,37). The molecule has 3 rings (SSSR count). The largest absolute Gasteiger partial charge is 0.480 e. The molecule has 0 spiro atoms. The van der Waals surface area contributed by atoms with Crippen molar-refractivity contribution >= 4 is 28.7 Å². The zero-order valence-corrected chi connectivity index (χ0v) is 21.9. The number of carbonyl (C=O) groups excluding carboxylic acids is 2. The minimum absolute atomic E-state index is 0.0189. The van der Waals surface area contributed by atoms with Crippen molar-refractivity contribution in [2.24, 2.45) is 11.8 Å². The predicted molar refractivity (Wildman–Crippen MR) is 144 cm³/mol. The lowest BCUT2D eigenvalue weighted by molar-refractivity contribution is -0.144. The number of carboxylic acid groups (broad SMARTS) is 1. The van der Waals surface area contributed by atoms with Gasteiger partial charge in [-0.25, -0.2) is 14.2 Å². The highest BCUT2D eigenvalue weighted by Gasteiger charge is 2.34. The average Bonchev–Trinajstić information content (AvgIpc) is 2.89. The van der Waals surface area contributed by atoms with Gasteiger partial charge in [-0.05, 0) is 29.5 Å². The van der Waals surface area contributed by atoms with Crippen molar-refractivity contribution in [2.75, 3.05) is 0 Å². The van der Waals surface area contributed by atoms with Gasteiger partial charge in [0.05, 0.1) is 10.9 Å². The number of benzene rings is 2. The van der Waals surface area contributed by atoms with E-state index in [0.717, 1.165) is 4.57 Å². The number of amides is 2. The van der Waals surface area contributed by atoms with Gasteiger partial charge < -0.3 is 20.7 Å². The van der Waals surface area contributed by atoms with Gasteiger partial charge in [0, 0.05) is 6.42 Å². The predicted octanol–water partition coefficient (Wildman–Crippen LogP) is 2.23. The number of rotatable bonds is 11. The third-order valence-electron chi connectivity index (χ3n) is 6.75. The summed E-state index contributed by atoms with van der Waals surface area (Å²) in [6.45, 7) is 6.97. The molecule has 10 nitrogen and oxygen atoms in total. The van der Waals surface area contributed by atoms with Crippen LogP contribution in [0.4, 0.5) is 0 Å². The summed E-state index contributed by atoms with van der Waals surface area (Å²) in [6.07, 6.45) is 0.549. The van der Waals surface area contributed by atoms with Gasteiger partial charge in [0.25, 0.3) is 5.56 Å². The highest BCUT2D eigenvalue weighted by atomic mass is 16.4. The lowest BCUT2D eigenvalue weighted by Crippen LogP contribution is -2.57. The molecule has 2 amide bonds. The molecule has 0 aliphatic heterocycles. The molecule has 3 aromatic rings. The molecule has 0 radical (unpaired) electrons. The molecule has 1 heterocycles. The zero-order valence-electron chi connectivity index (χ0n) is 21.9. The third-order valence-corrected chi connectivity index (χ3v) is 6.75. The van der Waals surface area contributed by atoms with Gasteiger partial charge in [0.1, 0.15) is 18.1 Å². The molecule has 202 valence electrons. The number of H-pyrrole nitrogens is 1. The van der Waals surface area contributed by atoms with Crippen LogP contribution in [0.25, 0.3) is 10.9 Å². The van der Waals surface area contributed by atoms with Crippen molar-refractivity contribution in [1.82, 2.24) is 20.2 Å². The Morgan fingerprint density at radius 3 is 2.11 bits per heavy atom. The van der Waals surface area contributed by atoms with Crippen LogP contribution in [0.15, 0.2) is 64.2 Å². The lowest BCUT2D eigenvalue weighted by atomic mass is 9.97. The van der Waals surface area contributed by atoms with Gasteiger partial charge in [0.2, 0.25) is 11.8 Å². The van der Waals surface area contributed by atoms with E-state index in [1.54, 1.807) is 69.3 Å². The average molecular weight is 523 g/mol. The number of para-hydroxylation sites is 1. The first-order valence-corrected chi connectivity index (χ1v) is 12.7. The molecule has 0 aliphatic carbocycles. The molecule has 0 aliphatic rings. The second kappa shape index (κ2) is 12.4. The number of hydrogen-bond donors (Lipinski definition) is 4. The van der Waals surface area contributed by atoms with Crippen LogP contribution in [-0.2, 0) is 20.8 Å². The number of fused-ring (bicyclic) bond motifs is 1. The number of aromatic nitrogens is 2. The number of nitrogens with zero attached hydrogens (tertiary/aromatic N) is 1. The van der Waals surface area contributed by atoms with E-state index in [1.807, 2.05) is 13.0 Å². The second-order valence-electron chi connectivity index (χ2n) is 9.80. The van der Waals surface area contributed by atoms with Crippen molar-refractivity contribution in [3.05, 3.63) is 81.0 Å². The Kier molecular flexibility index (Phi) is 9.22. The first-order chi connectivity index (χ1) is 18.0. The van der Waals surface area contributed by atoms with Crippen LogP contribution in [-0.4, -0.2) is 44.5 Å². The topological polar surface area (TPSA) is 150 Å². The van der Waals surface area contributed by atoms with E-state index < -0.39 is 53.1 Å². The molecule has 0 saturated carbocycles. The van der Waals surface area contributed by atoms with Crippen LogP contribution in [0.5, 0.6) is 0 Å². The maximum Gasteiger partial charge on any atom is 0.329 e. The summed E-state index contributed by atoms with van der Waals surface area (Å²) in [4.78, 5) is 67.7. The van der Waals surface area contributed by atoms with E-state index in [0.29, 0.717) is 17.5 Å². The Balaban J connectivity index is 2.01. The highest BCUT2D eigenvalue weighted by Crippen LogP contribution is 2.16. The Bertz CT molecular complexity index is 1410. The fraction of sp³-hybridized carbons (Fsp3) is 0.393. The van der Waals surface area contributed by atoms with E-state index >= 15 is 0 Å². The molecule has 2 aromatic carbocycles. The minimum atomic E-state index is -1.27. The molecule has 4 unspecified atom stereocenters. The van der Waals surface area contributed by atoms with Gasteiger partial charge in [-0.15, -0.1) is 0 Å². The zero-order chi connectivity index (χ0) is 28.0. The van der Waals surface area contributed by atoms with Gasteiger partial charge in [-0.1, -0.05) is 76.6 Å². The number of hydrogen-bond acceptors (Lipinski definition) is 5. The summed E-state index contributed by atoms with van der Waals surface area (Å²) < 4.78 is 0.874. The van der Waals surface area contributed by atoms with Crippen LogP contribution < -0.4 is 21.9 Å². The number of carbonyl (C=O) groups is 3. The normalized spacial score (nSPS) is 14.4. The van der Waals surface area contributed by atoms with Crippen LogP contribution >= 0.6 is 0 Å². The summed E-state index contributed by atoms with van der Waals surface area (Å²) in [5.74, 6) is -3.27. The fourth-order valence-electron chi connectivity index (χ4n) is 4.31. The molecule has 4 atom stereocenters. The Labute approximate surface area is 220 Å². The van der Waals surface area contributed by atoms with Gasteiger partial charge >= 0.3 is 11.7 Å². The number of aromatic amines is 1. The van der Waals surface area contributed by atoms with E-state index in [2.05, 4.69) is 15.6 Å². The van der Waals surface area contributed by atoms with E-state index in [4.69, 9.17) is 0 Å². The monoisotopic (exact) mass is 522 g/mol. The fourth-order valence-corrected chi connectivity index (χ4v) is 4.31. The smallest absolute Gasteiger partial charge is 0.329 e. The molecule has 0 bridgehead atoms. The summed E-state index contributed by atoms with van der Waals surface area (Å²) in [5.41, 5.74) is -0.325. The summed E-state index contributed by atoms with van der Waals surface area (Å²) >= 11 is 0. The minimum Gasteiger partial charge on any atom is -0.480 e. The van der Waals surface area contributed by atoms with Crippen molar-refractivity contribution in [1.29, 1.82) is 0 Å². The van der Waals surface area contributed by atoms with Crippen molar-refractivity contribution in [3.63, 3.8) is 0 Å². The number of carboxylic acids is 1. The molecule has 1 aromatic heterocycles. The van der Waals surface area contributed by atoms with Crippen LogP contribution in [0, 0.1) is 11.8 Å². The van der Waals surface area contributed by atoms with E-state index in [9.17, 15) is 29.1 Å². The maximum atomic E-state index is 13.7. The van der Waals surface area contributed by atoms with Crippen molar-refractivity contribution < 1.29 is 19.5 Å². The van der Waals surface area contributed by atoms with E-state index in [1.165, 1.54) is 0 Å². The maximum absolute atomic E-state index is 13.7. The van der Waals surface area contributed by atoms with Crippen molar-refractivity contribution in [2.45, 2.75) is 58.7 Å². The first-order valence-electron chi connectivity index (χ1n) is 12.7. The summed E-state index contributed by atoms with van der Waals surface area (Å²) in [6, 6.07) is 11.9. The van der Waals surface area contributed by atoms with Gasteiger partial charge in [0.15, 0.2) is 0 Å². The molecule has 10 heteroatoms. The Morgan fingerprint density at radius 2 is 1.50 bits per heavy atom. The molecule has 0 saturated heterocycles. The van der Waals surface area contributed by atoms with Gasteiger partial charge in [-0.3, -0.25) is 14.4 Å². The number of aliphatic carboxylic acids is 1. The van der Waals surface area contributed by atoms with Crippen molar-refractivity contribution in [3.8, 4) is 0 Å². The molecule has 0 fully saturated rings. The SMILES string of the molecule is CCC(C)C(NC(=O)C(NC(=O)C(Cc1ccccc1)n1c(=O)[nH]c2ccccc2c1=O)C(C)C)C(=O)O. The van der Waals surface area contributed by atoms with Crippen LogP contribution in [0.1, 0.15) is 45.7 Å². The molecular formula is C28H34N4O6. The summed E-state index contributed by atoms with van der Waals surface area (Å²) in [7, 11) is 0. The molecular weight excluding hydrogens is 488 g/mol. The lowest BCUT2D eigenvalue weighted by Gasteiger charge is -2.28. The highest BCUT2D eigenvalue weighted by molar-refractivity contribution is 5.92. The van der Waals surface area contributed by atoms with Crippen LogP contribution in [0.3, 0.4) is 0 Å². The summed E-state index contributed by atoms with van der Waals surface area (Å²) in [5, 5.41) is 15.1. The first kappa shape index (κ1) is 28.4. The quantitative estimate of drug-likeness (QED) is 0.303. The third kappa shape index (κ3) is 6.37.